The standard InChI is InChI=1S/C24H21N3O3S/c1-13(2)12-18-25-26-24(31-18)27-20(15-10-8-14(3)9-11-15)19-21(28)16-6-4-5-7-17(16)30-22(19)23(27)29/h4-11,13,20H,12H2,1-3H3. The zero-order valence-corrected chi connectivity index (χ0v) is 18.3. The number of rotatable bonds is 4. The van der Waals surface area contributed by atoms with Gasteiger partial charge in [-0.05, 0) is 30.5 Å². The van der Waals surface area contributed by atoms with E-state index in [0.717, 1.165) is 22.6 Å². The van der Waals surface area contributed by atoms with Crippen molar-refractivity contribution in [2.75, 3.05) is 4.90 Å². The van der Waals surface area contributed by atoms with Crippen LogP contribution in [-0.4, -0.2) is 16.1 Å². The lowest BCUT2D eigenvalue weighted by atomic mass is 9.98. The number of carbonyl (C=O) groups is 1. The Bertz CT molecular complexity index is 1350. The molecule has 1 unspecified atom stereocenters. The molecule has 0 aliphatic carbocycles. The number of aromatic nitrogens is 2. The fourth-order valence-corrected chi connectivity index (χ4v) is 5.03. The van der Waals surface area contributed by atoms with Crippen molar-refractivity contribution in [2.24, 2.45) is 5.92 Å². The largest absolute Gasteiger partial charge is 0.450 e. The van der Waals surface area contributed by atoms with Gasteiger partial charge in [0.15, 0.2) is 5.43 Å². The van der Waals surface area contributed by atoms with E-state index in [9.17, 15) is 9.59 Å². The summed E-state index contributed by atoms with van der Waals surface area (Å²) in [4.78, 5) is 28.5. The van der Waals surface area contributed by atoms with Gasteiger partial charge in [-0.3, -0.25) is 14.5 Å². The molecule has 7 heteroatoms. The number of fused-ring (bicyclic) bond motifs is 2. The summed E-state index contributed by atoms with van der Waals surface area (Å²) >= 11 is 1.38. The number of aryl methyl sites for hydroxylation is 1. The lowest BCUT2D eigenvalue weighted by Crippen LogP contribution is -2.29. The molecule has 1 aliphatic rings. The van der Waals surface area contributed by atoms with Crippen LogP contribution in [0.15, 0.2) is 57.7 Å². The van der Waals surface area contributed by atoms with Crippen molar-refractivity contribution in [3.63, 3.8) is 0 Å². The topological polar surface area (TPSA) is 76.3 Å². The van der Waals surface area contributed by atoms with Crippen molar-refractivity contribution in [2.45, 2.75) is 33.2 Å². The lowest BCUT2D eigenvalue weighted by molar-refractivity contribution is 0.0970. The average Bonchev–Trinajstić information content (AvgIpc) is 3.31. The fraction of sp³-hybridized carbons (Fsp3) is 0.250. The molecule has 0 spiro atoms. The van der Waals surface area contributed by atoms with Crippen molar-refractivity contribution in [3.05, 3.63) is 86.2 Å². The van der Waals surface area contributed by atoms with Gasteiger partial charge in [0.1, 0.15) is 10.6 Å². The van der Waals surface area contributed by atoms with Crippen molar-refractivity contribution in [3.8, 4) is 0 Å². The molecule has 0 saturated heterocycles. The first-order chi connectivity index (χ1) is 14.9. The summed E-state index contributed by atoms with van der Waals surface area (Å²) in [5.74, 6) is 0.138. The first kappa shape index (κ1) is 19.6. The second-order valence-electron chi connectivity index (χ2n) is 8.23. The van der Waals surface area contributed by atoms with Crippen LogP contribution in [0.1, 0.15) is 52.1 Å². The van der Waals surface area contributed by atoms with Crippen molar-refractivity contribution >= 4 is 33.3 Å². The highest BCUT2D eigenvalue weighted by atomic mass is 32.1. The van der Waals surface area contributed by atoms with Gasteiger partial charge in [0.05, 0.1) is 17.0 Å². The number of hydrogen-bond acceptors (Lipinski definition) is 6. The highest BCUT2D eigenvalue weighted by Crippen LogP contribution is 2.42. The van der Waals surface area contributed by atoms with Crippen LogP contribution < -0.4 is 10.3 Å². The molecule has 4 aromatic rings. The zero-order chi connectivity index (χ0) is 21.7. The summed E-state index contributed by atoms with van der Waals surface area (Å²) in [5.41, 5.74) is 2.50. The molecular weight excluding hydrogens is 410 g/mol. The highest BCUT2D eigenvalue weighted by Gasteiger charge is 2.45. The lowest BCUT2D eigenvalue weighted by Gasteiger charge is -2.22. The molecule has 0 bridgehead atoms. The second-order valence-corrected chi connectivity index (χ2v) is 9.28. The highest BCUT2D eigenvalue weighted by molar-refractivity contribution is 7.15. The van der Waals surface area contributed by atoms with Crippen molar-refractivity contribution < 1.29 is 9.21 Å². The van der Waals surface area contributed by atoms with Crippen LogP contribution in [-0.2, 0) is 6.42 Å². The Balaban J connectivity index is 1.73. The van der Waals surface area contributed by atoms with Crippen molar-refractivity contribution in [1.82, 2.24) is 10.2 Å². The zero-order valence-electron chi connectivity index (χ0n) is 17.5. The third-order valence-corrected chi connectivity index (χ3v) is 6.36. The summed E-state index contributed by atoms with van der Waals surface area (Å²) < 4.78 is 5.96. The van der Waals surface area contributed by atoms with Gasteiger partial charge in [0.25, 0.3) is 5.91 Å². The van der Waals surface area contributed by atoms with Gasteiger partial charge in [-0.25, -0.2) is 0 Å². The van der Waals surface area contributed by atoms with E-state index in [0.29, 0.717) is 27.6 Å². The van der Waals surface area contributed by atoms with Crippen LogP contribution in [0, 0.1) is 12.8 Å². The molecule has 0 saturated carbocycles. The Morgan fingerprint density at radius 2 is 1.81 bits per heavy atom. The molecule has 1 atom stereocenters. The van der Waals surface area contributed by atoms with E-state index in [1.54, 1.807) is 29.2 Å². The minimum atomic E-state index is -0.608. The van der Waals surface area contributed by atoms with E-state index in [4.69, 9.17) is 4.42 Å². The quantitative estimate of drug-likeness (QED) is 0.459. The van der Waals surface area contributed by atoms with E-state index in [1.165, 1.54) is 11.3 Å². The fourth-order valence-electron chi connectivity index (χ4n) is 3.95. The number of nitrogens with zero attached hydrogens (tertiary/aromatic N) is 3. The maximum Gasteiger partial charge on any atom is 0.297 e. The molecule has 31 heavy (non-hydrogen) atoms. The van der Waals surface area contributed by atoms with E-state index >= 15 is 0 Å². The van der Waals surface area contributed by atoms with Gasteiger partial charge >= 0.3 is 0 Å². The molecule has 156 valence electrons. The SMILES string of the molecule is Cc1ccc(C2c3c(oc4ccccc4c3=O)C(=O)N2c2nnc(CC(C)C)s2)cc1. The van der Waals surface area contributed by atoms with Gasteiger partial charge in [0, 0.05) is 6.42 Å². The molecule has 5 rings (SSSR count). The second kappa shape index (κ2) is 7.42. The predicted octanol–water partition coefficient (Wildman–Crippen LogP) is 4.90. The van der Waals surface area contributed by atoms with Crippen LogP contribution in [0.2, 0.25) is 0 Å². The minimum Gasteiger partial charge on any atom is -0.450 e. The molecule has 0 radical (unpaired) electrons. The van der Waals surface area contributed by atoms with E-state index < -0.39 is 6.04 Å². The Morgan fingerprint density at radius 3 is 2.55 bits per heavy atom. The molecule has 0 fully saturated rings. The van der Waals surface area contributed by atoms with Gasteiger partial charge in [-0.15, -0.1) is 10.2 Å². The van der Waals surface area contributed by atoms with Gasteiger partial charge in [-0.1, -0.05) is 67.1 Å². The molecule has 2 aromatic heterocycles. The van der Waals surface area contributed by atoms with Crippen LogP contribution >= 0.6 is 11.3 Å². The first-order valence-electron chi connectivity index (χ1n) is 10.2. The first-order valence-corrected chi connectivity index (χ1v) is 11.0. The number of hydrogen-bond donors (Lipinski definition) is 0. The molecule has 1 amide bonds. The van der Waals surface area contributed by atoms with Crippen molar-refractivity contribution in [1.29, 1.82) is 0 Å². The van der Waals surface area contributed by atoms with Crippen LogP contribution in [0.5, 0.6) is 0 Å². The van der Waals surface area contributed by atoms with E-state index in [-0.39, 0.29) is 17.1 Å². The van der Waals surface area contributed by atoms with Crippen LogP contribution in [0.3, 0.4) is 0 Å². The number of anilines is 1. The molecular formula is C24H21N3O3S. The smallest absolute Gasteiger partial charge is 0.297 e. The average molecular weight is 432 g/mol. The normalized spacial score (nSPS) is 15.8. The van der Waals surface area contributed by atoms with Crippen LogP contribution in [0.4, 0.5) is 5.13 Å². The molecule has 1 aliphatic heterocycles. The summed E-state index contributed by atoms with van der Waals surface area (Å²) in [7, 11) is 0. The summed E-state index contributed by atoms with van der Waals surface area (Å²) in [5, 5.41) is 10.4. The monoisotopic (exact) mass is 431 g/mol. The maximum absolute atomic E-state index is 13.5. The summed E-state index contributed by atoms with van der Waals surface area (Å²) in [6.07, 6.45) is 0.781. The molecule has 3 heterocycles. The molecule has 2 aromatic carbocycles. The number of carbonyl (C=O) groups excluding carboxylic acids is 1. The number of benzene rings is 2. The molecule has 6 nitrogen and oxygen atoms in total. The maximum atomic E-state index is 13.5. The van der Waals surface area contributed by atoms with Gasteiger partial charge in [0.2, 0.25) is 10.9 Å². The minimum absolute atomic E-state index is 0.0786. The Morgan fingerprint density at radius 1 is 1.06 bits per heavy atom. The Labute approximate surface area is 183 Å². The van der Waals surface area contributed by atoms with E-state index in [1.807, 2.05) is 31.2 Å². The van der Waals surface area contributed by atoms with E-state index in [2.05, 4.69) is 24.0 Å². The summed E-state index contributed by atoms with van der Waals surface area (Å²) in [6.45, 7) is 6.22. The molecule has 0 N–H and O–H groups in total. The van der Waals surface area contributed by atoms with Gasteiger partial charge < -0.3 is 4.42 Å². The Kier molecular flexibility index (Phi) is 4.70. The predicted molar refractivity (Wildman–Crippen MR) is 121 cm³/mol. The third-order valence-electron chi connectivity index (χ3n) is 5.42. The third kappa shape index (κ3) is 3.25. The summed E-state index contributed by atoms with van der Waals surface area (Å²) in [6, 6.07) is 14.3. The number of para-hydroxylation sites is 1. The Hall–Kier alpha value is -3.32. The number of amides is 1. The van der Waals surface area contributed by atoms with Crippen LogP contribution in [0.25, 0.3) is 11.0 Å². The van der Waals surface area contributed by atoms with Gasteiger partial charge in [-0.2, -0.15) is 0 Å².